The van der Waals surface area contributed by atoms with Crippen molar-refractivity contribution in [2.24, 2.45) is 0 Å². The fraction of sp³-hybridized carbons (Fsp3) is 0.303. The fourth-order valence-corrected chi connectivity index (χ4v) is 6.25. The highest BCUT2D eigenvalue weighted by atomic mass is 35.5. The molecule has 1 fully saturated rings. The molecule has 9 nitrogen and oxygen atoms in total. The zero-order valence-electron chi connectivity index (χ0n) is 24.2. The summed E-state index contributed by atoms with van der Waals surface area (Å²) >= 11 is 5.97. The van der Waals surface area contributed by atoms with Crippen LogP contribution in [0, 0.1) is 11.2 Å². The van der Waals surface area contributed by atoms with Gasteiger partial charge in [0.1, 0.15) is 11.6 Å². The number of carbonyl (C=O) groups is 1. The molecule has 3 aromatic carbocycles. The van der Waals surface area contributed by atoms with Gasteiger partial charge in [-0.25, -0.2) is 14.2 Å². The largest absolute Gasteiger partial charge is 0.478 e. The van der Waals surface area contributed by atoms with E-state index in [1.165, 1.54) is 12.3 Å². The summed E-state index contributed by atoms with van der Waals surface area (Å²) in [7, 11) is 0. The lowest BCUT2D eigenvalue weighted by atomic mass is 9.88. The number of benzene rings is 3. The van der Waals surface area contributed by atoms with Gasteiger partial charge in [0.2, 0.25) is 0 Å². The Labute approximate surface area is 259 Å². The third-order valence-corrected chi connectivity index (χ3v) is 8.52. The number of piperidine rings is 1. The van der Waals surface area contributed by atoms with E-state index in [9.17, 15) is 14.3 Å². The molecule has 1 atom stereocenters. The summed E-state index contributed by atoms with van der Waals surface area (Å²) in [5, 5.41) is 20.2. The van der Waals surface area contributed by atoms with Gasteiger partial charge in [0.15, 0.2) is 11.5 Å². The van der Waals surface area contributed by atoms with Gasteiger partial charge in [0.25, 0.3) is 5.79 Å². The summed E-state index contributed by atoms with van der Waals surface area (Å²) in [5.41, 5.74) is 3.10. The molecule has 11 heteroatoms. The van der Waals surface area contributed by atoms with E-state index in [0.29, 0.717) is 36.2 Å². The van der Waals surface area contributed by atoms with Crippen molar-refractivity contribution in [1.29, 1.82) is 5.41 Å². The van der Waals surface area contributed by atoms with Gasteiger partial charge in [-0.2, -0.15) is 0 Å². The van der Waals surface area contributed by atoms with Crippen LogP contribution in [0.25, 0.3) is 11.0 Å². The van der Waals surface area contributed by atoms with Crippen molar-refractivity contribution >= 4 is 34.8 Å². The molecule has 0 bridgehead atoms. The molecule has 2 aliphatic rings. The third-order valence-electron chi connectivity index (χ3n) is 8.29. The first-order valence-corrected chi connectivity index (χ1v) is 14.9. The highest BCUT2D eigenvalue weighted by Gasteiger charge is 2.43. The minimum atomic E-state index is -1.29. The molecule has 6 rings (SSSR count). The molecule has 0 amide bonds. The topological polar surface area (TPSA) is 113 Å². The van der Waals surface area contributed by atoms with Crippen LogP contribution >= 0.6 is 11.6 Å². The summed E-state index contributed by atoms with van der Waals surface area (Å²) in [5.74, 6) is -0.385. The van der Waals surface area contributed by atoms with E-state index < -0.39 is 17.6 Å². The lowest BCUT2D eigenvalue weighted by Crippen LogP contribution is -2.34. The van der Waals surface area contributed by atoms with E-state index in [2.05, 4.69) is 20.9 Å². The molecule has 228 valence electrons. The zero-order chi connectivity index (χ0) is 30.8. The number of likely N-dealkylation sites (tertiary alicyclic amines) is 1. The number of aromatic carboxylic acids is 1. The maximum Gasteiger partial charge on any atom is 0.335 e. The number of hydrogen-bond donors (Lipinski definition) is 3. The number of imidazole rings is 1. The van der Waals surface area contributed by atoms with Crippen LogP contribution in [0.15, 0.2) is 66.9 Å². The Kier molecular flexibility index (Phi) is 8.29. The number of nitrogens with zero attached hydrogens (tertiary/aromatic N) is 3. The Morgan fingerprint density at radius 2 is 2.02 bits per heavy atom. The first-order chi connectivity index (χ1) is 21.3. The number of fused-ring (bicyclic) bond motifs is 2. The fourth-order valence-electron chi connectivity index (χ4n) is 6.09. The predicted octanol–water partition coefficient (Wildman–Crippen LogP) is 6.30. The molecule has 0 spiro atoms. The Balaban J connectivity index is 1.17. The smallest absolute Gasteiger partial charge is 0.335 e. The maximum absolute atomic E-state index is 14.8. The minimum Gasteiger partial charge on any atom is -0.478 e. The van der Waals surface area contributed by atoms with Gasteiger partial charge in [0.05, 0.1) is 28.7 Å². The molecule has 1 unspecified atom stereocenters. The first-order valence-electron chi connectivity index (χ1n) is 14.6. The van der Waals surface area contributed by atoms with Gasteiger partial charge < -0.3 is 29.9 Å². The zero-order valence-corrected chi connectivity index (χ0v) is 25.0. The maximum atomic E-state index is 14.8. The van der Waals surface area contributed by atoms with Crippen molar-refractivity contribution in [2.75, 3.05) is 19.6 Å². The van der Waals surface area contributed by atoms with Crippen LogP contribution in [-0.4, -0.2) is 51.4 Å². The molecule has 0 radical (unpaired) electrons. The molecule has 1 saturated heterocycles. The van der Waals surface area contributed by atoms with Gasteiger partial charge in [0, 0.05) is 36.8 Å². The van der Waals surface area contributed by atoms with Crippen LogP contribution in [0.4, 0.5) is 4.39 Å². The van der Waals surface area contributed by atoms with Crippen LogP contribution in [0.5, 0.6) is 11.5 Å². The number of carboxylic acid groups (broad SMARTS) is 1. The number of carboxylic acids is 1. The SMILES string of the molecule is CC1(c2ccc(Cl)cc2F)Oc2cccc(C3CCN(Cc4nc5ccc(C(=O)O)cc5n4CCN/C=C\C=N)CC3)c2O1. The lowest BCUT2D eigenvalue weighted by molar-refractivity contribution is -0.0712. The number of ether oxygens (including phenoxy) is 2. The van der Waals surface area contributed by atoms with Gasteiger partial charge >= 0.3 is 5.97 Å². The average Bonchev–Trinajstić information content (AvgIpc) is 3.53. The van der Waals surface area contributed by atoms with E-state index in [1.807, 2.05) is 12.1 Å². The number of para-hydroxylation sites is 1. The summed E-state index contributed by atoms with van der Waals surface area (Å²) < 4.78 is 29.4. The number of nitrogens with one attached hydrogen (secondary N) is 2. The summed E-state index contributed by atoms with van der Waals surface area (Å²) in [6.07, 6.45) is 6.31. The molecule has 2 aliphatic heterocycles. The molecule has 1 aromatic heterocycles. The standard InChI is InChI=1S/C33H33ClFN5O4/c1-33(25-8-7-23(34)19-26(25)35)43-29-5-2-4-24(31(29)44-33)21-10-15-39(16-11-21)20-30-38-27-9-6-22(32(41)42)18-28(27)40(30)17-14-37-13-3-12-36/h2-9,12-13,18-19,21,36-37H,10-11,14-17,20H2,1H3,(H,41,42)/b13-3-,36-12?. The van der Waals surface area contributed by atoms with Crippen molar-refractivity contribution < 1.29 is 23.8 Å². The van der Waals surface area contributed by atoms with Crippen LogP contribution in [-0.2, 0) is 18.9 Å². The minimum absolute atomic E-state index is 0.221. The van der Waals surface area contributed by atoms with Gasteiger partial charge in [-0.3, -0.25) is 4.90 Å². The normalized spacial score (nSPS) is 18.7. The van der Waals surface area contributed by atoms with Crippen molar-refractivity contribution in [2.45, 2.75) is 44.6 Å². The number of aromatic nitrogens is 2. The Morgan fingerprint density at radius 1 is 1.20 bits per heavy atom. The van der Waals surface area contributed by atoms with Crippen molar-refractivity contribution in [1.82, 2.24) is 19.8 Å². The number of hydrogen-bond acceptors (Lipinski definition) is 7. The Bertz CT molecular complexity index is 1750. The second-order valence-electron chi connectivity index (χ2n) is 11.2. The molecular formula is C33H33ClFN5O4. The third kappa shape index (κ3) is 5.87. The number of rotatable bonds is 10. The summed E-state index contributed by atoms with van der Waals surface area (Å²) in [6.45, 7) is 5.21. The van der Waals surface area contributed by atoms with Crippen LogP contribution in [0.1, 0.15) is 53.0 Å². The highest BCUT2D eigenvalue weighted by Crippen LogP contribution is 2.49. The second kappa shape index (κ2) is 12.3. The first kappa shape index (κ1) is 29.7. The molecular weight excluding hydrogens is 585 g/mol. The van der Waals surface area contributed by atoms with Gasteiger partial charge in [-0.1, -0.05) is 23.7 Å². The number of halogens is 2. The van der Waals surface area contributed by atoms with Crippen molar-refractivity contribution in [3.05, 3.63) is 100 Å². The van der Waals surface area contributed by atoms with E-state index in [0.717, 1.165) is 48.4 Å². The molecule has 0 aliphatic carbocycles. The quantitative estimate of drug-likeness (QED) is 0.141. The van der Waals surface area contributed by atoms with Crippen LogP contribution in [0.2, 0.25) is 5.02 Å². The van der Waals surface area contributed by atoms with E-state index in [4.69, 9.17) is 31.5 Å². The summed E-state index contributed by atoms with van der Waals surface area (Å²) in [4.78, 5) is 18.9. The Hall–Kier alpha value is -4.41. The van der Waals surface area contributed by atoms with Gasteiger partial charge in [-0.05, 0) is 86.6 Å². The molecule has 3 N–H and O–H groups in total. The Morgan fingerprint density at radius 3 is 2.77 bits per heavy atom. The molecule has 44 heavy (non-hydrogen) atoms. The van der Waals surface area contributed by atoms with Crippen molar-refractivity contribution in [3.8, 4) is 11.5 Å². The predicted molar refractivity (Wildman–Crippen MR) is 166 cm³/mol. The van der Waals surface area contributed by atoms with E-state index in [1.54, 1.807) is 49.5 Å². The molecule has 0 saturated carbocycles. The number of allylic oxidation sites excluding steroid dienone is 1. The van der Waals surface area contributed by atoms with E-state index in [-0.39, 0.29) is 17.0 Å². The lowest BCUT2D eigenvalue weighted by Gasteiger charge is -2.32. The molecule has 3 heterocycles. The van der Waals surface area contributed by atoms with Crippen molar-refractivity contribution in [3.63, 3.8) is 0 Å². The highest BCUT2D eigenvalue weighted by molar-refractivity contribution is 6.30. The van der Waals surface area contributed by atoms with Crippen LogP contribution in [0.3, 0.4) is 0 Å². The van der Waals surface area contributed by atoms with E-state index >= 15 is 0 Å². The monoisotopic (exact) mass is 617 g/mol. The molecule has 4 aromatic rings. The average molecular weight is 618 g/mol. The van der Waals surface area contributed by atoms with Crippen LogP contribution < -0.4 is 14.8 Å². The second-order valence-corrected chi connectivity index (χ2v) is 11.6. The van der Waals surface area contributed by atoms with Gasteiger partial charge in [-0.15, -0.1) is 0 Å². The summed E-state index contributed by atoms with van der Waals surface area (Å²) in [6, 6.07) is 15.4.